The number of nitrogens with one attached hydrogen (secondary N) is 2. The van der Waals surface area contributed by atoms with Crippen molar-refractivity contribution in [3.63, 3.8) is 0 Å². The topological polar surface area (TPSA) is 84.5 Å². The first-order valence-electron chi connectivity index (χ1n) is 5.44. The third-order valence-electron chi connectivity index (χ3n) is 2.31. The zero-order chi connectivity index (χ0) is 14.5. The normalized spacial score (nSPS) is 11.3. The van der Waals surface area contributed by atoms with Gasteiger partial charge in [0.25, 0.3) is 0 Å². The number of methoxy groups -OCH3 is 1. The summed E-state index contributed by atoms with van der Waals surface area (Å²) in [5.74, 6) is -1.59. The maximum absolute atomic E-state index is 13.2. The van der Waals surface area contributed by atoms with Gasteiger partial charge < -0.3 is 10.1 Å². The summed E-state index contributed by atoms with van der Waals surface area (Å²) < 4.78 is 43.9. The Kier molecular flexibility index (Phi) is 5.40. The molecule has 19 heavy (non-hydrogen) atoms. The Morgan fingerprint density at radius 1 is 1.37 bits per heavy atom. The van der Waals surface area contributed by atoms with Crippen LogP contribution in [-0.4, -0.2) is 41.6 Å². The Hall–Kier alpha value is -1.51. The molecule has 0 aromatic heterocycles. The van der Waals surface area contributed by atoms with Crippen LogP contribution >= 0.6 is 0 Å². The second-order valence-electron chi connectivity index (χ2n) is 3.63. The quantitative estimate of drug-likeness (QED) is 0.574. The minimum Gasteiger partial charge on any atom is -0.465 e. The fourth-order valence-corrected chi connectivity index (χ4v) is 2.62. The number of sulfonamides is 1. The smallest absolute Gasteiger partial charge is 0.339 e. The van der Waals surface area contributed by atoms with E-state index in [2.05, 4.69) is 14.8 Å². The van der Waals surface area contributed by atoms with Crippen LogP contribution in [0.15, 0.2) is 23.1 Å². The van der Waals surface area contributed by atoms with Gasteiger partial charge in [0.1, 0.15) is 5.82 Å². The fraction of sp³-hybridized carbons (Fsp3) is 0.364. The van der Waals surface area contributed by atoms with Crippen LogP contribution in [-0.2, 0) is 14.8 Å². The minimum atomic E-state index is -3.97. The Bertz CT molecular complexity index is 560. The lowest BCUT2D eigenvalue weighted by Crippen LogP contribution is -2.31. The van der Waals surface area contributed by atoms with E-state index in [1.807, 2.05) is 0 Å². The van der Waals surface area contributed by atoms with Gasteiger partial charge in [-0.25, -0.2) is 22.3 Å². The van der Waals surface area contributed by atoms with Crippen molar-refractivity contribution in [3.8, 4) is 0 Å². The van der Waals surface area contributed by atoms with E-state index in [1.165, 1.54) is 0 Å². The molecule has 0 saturated heterocycles. The largest absolute Gasteiger partial charge is 0.465 e. The third-order valence-corrected chi connectivity index (χ3v) is 3.81. The summed E-state index contributed by atoms with van der Waals surface area (Å²) in [6.45, 7) is 0.526. The summed E-state index contributed by atoms with van der Waals surface area (Å²) in [6.07, 6.45) is 0. The molecule has 0 aliphatic rings. The van der Waals surface area contributed by atoms with Crippen molar-refractivity contribution in [3.05, 3.63) is 29.6 Å². The van der Waals surface area contributed by atoms with Crippen LogP contribution in [0.4, 0.5) is 4.39 Å². The molecule has 0 saturated carbocycles. The standard InChI is InChI=1S/C11H15FN2O4S/c1-13-5-6-14-19(16,17)10-7-8(12)3-4-9(10)11(15)18-2/h3-4,7,13-14H,5-6H2,1-2H3. The lowest BCUT2D eigenvalue weighted by atomic mass is 10.2. The number of halogens is 1. The lowest BCUT2D eigenvalue weighted by molar-refractivity contribution is 0.0596. The van der Waals surface area contributed by atoms with Gasteiger partial charge in [0.05, 0.1) is 17.6 Å². The number of hydrogen-bond acceptors (Lipinski definition) is 5. The molecule has 0 heterocycles. The predicted molar refractivity (Wildman–Crippen MR) is 66.9 cm³/mol. The fourth-order valence-electron chi connectivity index (χ4n) is 1.39. The maximum Gasteiger partial charge on any atom is 0.339 e. The van der Waals surface area contributed by atoms with E-state index >= 15 is 0 Å². The molecule has 1 aromatic rings. The van der Waals surface area contributed by atoms with Gasteiger partial charge in [-0.2, -0.15) is 0 Å². The Balaban J connectivity index is 3.16. The van der Waals surface area contributed by atoms with Gasteiger partial charge in [0.2, 0.25) is 10.0 Å². The van der Waals surface area contributed by atoms with Gasteiger partial charge in [-0.05, 0) is 25.2 Å². The first kappa shape index (κ1) is 15.5. The van der Waals surface area contributed by atoms with E-state index < -0.39 is 26.7 Å². The Morgan fingerprint density at radius 3 is 2.63 bits per heavy atom. The number of esters is 1. The molecule has 106 valence electrons. The van der Waals surface area contributed by atoms with Crippen LogP contribution < -0.4 is 10.0 Å². The summed E-state index contributed by atoms with van der Waals surface area (Å²) in [5.41, 5.74) is -0.208. The molecule has 0 radical (unpaired) electrons. The highest BCUT2D eigenvalue weighted by Crippen LogP contribution is 2.18. The van der Waals surface area contributed by atoms with Crippen LogP contribution in [0.2, 0.25) is 0 Å². The van der Waals surface area contributed by atoms with Crippen LogP contribution in [0.3, 0.4) is 0 Å². The number of likely N-dealkylation sites (N-methyl/N-ethyl adjacent to an activating group) is 1. The molecule has 0 atom stereocenters. The molecule has 2 N–H and O–H groups in total. The summed E-state index contributed by atoms with van der Waals surface area (Å²) >= 11 is 0. The van der Waals surface area contributed by atoms with E-state index in [1.54, 1.807) is 7.05 Å². The highest BCUT2D eigenvalue weighted by Gasteiger charge is 2.23. The molecule has 6 nitrogen and oxygen atoms in total. The molecule has 1 aromatic carbocycles. The first-order valence-corrected chi connectivity index (χ1v) is 6.93. The van der Waals surface area contributed by atoms with Crippen LogP contribution in [0.1, 0.15) is 10.4 Å². The van der Waals surface area contributed by atoms with Crippen molar-refractivity contribution in [1.82, 2.24) is 10.0 Å². The molecule has 0 aliphatic carbocycles. The number of rotatable bonds is 6. The van der Waals surface area contributed by atoms with Crippen LogP contribution in [0, 0.1) is 5.82 Å². The average molecular weight is 290 g/mol. The molecule has 0 unspecified atom stereocenters. The van der Waals surface area contributed by atoms with E-state index in [9.17, 15) is 17.6 Å². The molecule has 0 spiro atoms. The van der Waals surface area contributed by atoms with Crippen molar-refractivity contribution in [1.29, 1.82) is 0 Å². The van der Waals surface area contributed by atoms with Crippen molar-refractivity contribution >= 4 is 16.0 Å². The van der Waals surface area contributed by atoms with E-state index in [-0.39, 0.29) is 12.1 Å². The highest BCUT2D eigenvalue weighted by atomic mass is 32.2. The molecular formula is C11H15FN2O4S. The number of hydrogen-bond donors (Lipinski definition) is 2. The molecule has 8 heteroatoms. The lowest BCUT2D eigenvalue weighted by Gasteiger charge is -2.10. The zero-order valence-corrected chi connectivity index (χ0v) is 11.4. The Labute approximate surface area is 111 Å². The number of carbonyl (C=O) groups excluding carboxylic acids is 1. The predicted octanol–water partition coefficient (Wildman–Crippen LogP) is 0.110. The molecule has 1 rings (SSSR count). The summed E-state index contributed by atoms with van der Waals surface area (Å²) in [6, 6.07) is 2.86. The maximum atomic E-state index is 13.2. The monoisotopic (exact) mass is 290 g/mol. The molecular weight excluding hydrogens is 275 g/mol. The molecule has 0 bridgehead atoms. The van der Waals surface area contributed by atoms with Gasteiger partial charge in [0, 0.05) is 13.1 Å². The number of benzene rings is 1. The zero-order valence-electron chi connectivity index (χ0n) is 10.6. The number of ether oxygens (including phenoxy) is 1. The van der Waals surface area contributed by atoms with Crippen molar-refractivity contribution in [2.24, 2.45) is 0 Å². The van der Waals surface area contributed by atoms with Gasteiger partial charge >= 0.3 is 5.97 Å². The van der Waals surface area contributed by atoms with E-state index in [0.29, 0.717) is 6.54 Å². The van der Waals surface area contributed by atoms with Gasteiger partial charge in [-0.15, -0.1) is 0 Å². The van der Waals surface area contributed by atoms with Crippen molar-refractivity contribution in [2.75, 3.05) is 27.2 Å². The second-order valence-corrected chi connectivity index (χ2v) is 5.37. The number of carbonyl (C=O) groups is 1. The Morgan fingerprint density at radius 2 is 2.05 bits per heavy atom. The van der Waals surface area contributed by atoms with Crippen molar-refractivity contribution in [2.45, 2.75) is 4.90 Å². The van der Waals surface area contributed by atoms with Gasteiger partial charge in [0.15, 0.2) is 0 Å². The SMILES string of the molecule is CNCCNS(=O)(=O)c1cc(F)ccc1C(=O)OC. The summed E-state index contributed by atoms with van der Waals surface area (Å²) in [7, 11) is -1.19. The molecule has 0 amide bonds. The van der Waals surface area contributed by atoms with Gasteiger partial charge in [-0.1, -0.05) is 0 Å². The highest BCUT2D eigenvalue weighted by molar-refractivity contribution is 7.89. The first-order chi connectivity index (χ1) is 8.92. The third kappa shape index (κ3) is 3.98. The molecule has 0 aliphatic heterocycles. The van der Waals surface area contributed by atoms with Gasteiger partial charge in [-0.3, -0.25) is 0 Å². The second kappa shape index (κ2) is 6.60. The van der Waals surface area contributed by atoms with Crippen LogP contribution in [0.25, 0.3) is 0 Å². The van der Waals surface area contributed by atoms with Crippen LogP contribution in [0.5, 0.6) is 0 Å². The van der Waals surface area contributed by atoms with Crippen molar-refractivity contribution < 1.29 is 22.3 Å². The van der Waals surface area contributed by atoms with E-state index in [0.717, 1.165) is 25.3 Å². The average Bonchev–Trinajstić information content (AvgIpc) is 2.38. The van der Waals surface area contributed by atoms with E-state index in [4.69, 9.17) is 0 Å². The minimum absolute atomic E-state index is 0.121. The summed E-state index contributed by atoms with van der Waals surface area (Å²) in [4.78, 5) is 11.0. The summed E-state index contributed by atoms with van der Waals surface area (Å²) in [5, 5.41) is 2.76. The molecule has 0 fully saturated rings.